The van der Waals surface area contributed by atoms with Crippen molar-refractivity contribution in [3.63, 3.8) is 0 Å². The van der Waals surface area contributed by atoms with E-state index in [2.05, 4.69) is 42.2 Å². The average Bonchev–Trinajstić information content (AvgIpc) is 2.40. The number of benzene rings is 1. The molecule has 1 aromatic carbocycles. The smallest absolute Gasteiger partial charge is 0.341 e. The highest BCUT2D eigenvalue weighted by molar-refractivity contribution is 9.11. The lowest BCUT2D eigenvalue weighted by atomic mass is 10.1. The Labute approximate surface area is 121 Å². The first kappa shape index (κ1) is 13.3. The molecule has 1 aromatic heterocycles. The molecule has 0 saturated carbocycles. The number of esters is 1. The van der Waals surface area contributed by atoms with E-state index in [0.29, 0.717) is 11.3 Å². The zero-order valence-electron chi connectivity index (χ0n) is 9.75. The first-order valence-electron chi connectivity index (χ1n) is 5.13. The number of hydrogen-bond donors (Lipinski definition) is 1. The molecule has 0 atom stereocenters. The van der Waals surface area contributed by atoms with Crippen LogP contribution >= 0.6 is 31.9 Å². The minimum absolute atomic E-state index is 0.409. The zero-order valence-corrected chi connectivity index (χ0v) is 12.9. The quantitative estimate of drug-likeness (QED) is 0.817. The summed E-state index contributed by atoms with van der Waals surface area (Å²) in [6.45, 7) is 0. The third-order valence-electron chi connectivity index (χ3n) is 2.58. The summed E-state index contributed by atoms with van der Waals surface area (Å²) in [6.07, 6.45) is 1.51. The Hall–Kier alpha value is -1.14. The summed E-state index contributed by atoms with van der Waals surface area (Å²) in [7, 11) is 3.11. The van der Waals surface area contributed by atoms with Crippen molar-refractivity contribution >= 4 is 54.4 Å². The van der Waals surface area contributed by atoms with E-state index in [-0.39, 0.29) is 0 Å². The lowest BCUT2D eigenvalue weighted by molar-refractivity contribution is 0.0601. The van der Waals surface area contributed by atoms with Gasteiger partial charge in [-0.2, -0.15) is 0 Å². The Kier molecular flexibility index (Phi) is 3.87. The molecule has 0 bridgehead atoms. The minimum Gasteiger partial charge on any atom is -0.465 e. The number of pyridine rings is 1. The van der Waals surface area contributed by atoms with E-state index in [4.69, 9.17) is 4.74 Å². The van der Waals surface area contributed by atoms with Crippen molar-refractivity contribution in [1.29, 1.82) is 0 Å². The first-order chi connectivity index (χ1) is 8.60. The number of rotatable bonds is 2. The summed E-state index contributed by atoms with van der Waals surface area (Å²) >= 11 is 6.92. The fraction of sp³-hybridized carbons (Fsp3) is 0.167. The molecule has 0 saturated heterocycles. The summed E-state index contributed by atoms with van der Waals surface area (Å²) in [5, 5.41) is 3.87. The maximum Gasteiger partial charge on any atom is 0.341 e. The van der Waals surface area contributed by atoms with Gasteiger partial charge in [0.1, 0.15) is 5.56 Å². The molecule has 1 N–H and O–H groups in total. The van der Waals surface area contributed by atoms with Crippen LogP contribution in [0.15, 0.2) is 27.3 Å². The van der Waals surface area contributed by atoms with E-state index in [9.17, 15) is 4.79 Å². The van der Waals surface area contributed by atoms with Gasteiger partial charge in [0.05, 0.1) is 18.3 Å². The average molecular weight is 374 g/mol. The minimum atomic E-state index is -0.416. The van der Waals surface area contributed by atoms with Gasteiger partial charge in [0.25, 0.3) is 0 Å². The van der Waals surface area contributed by atoms with E-state index in [1.807, 2.05) is 12.1 Å². The van der Waals surface area contributed by atoms with Crippen molar-refractivity contribution in [3.05, 3.63) is 32.8 Å². The van der Waals surface area contributed by atoms with E-state index in [1.54, 1.807) is 7.05 Å². The fourth-order valence-corrected chi connectivity index (χ4v) is 2.71. The van der Waals surface area contributed by atoms with Crippen LogP contribution in [-0.2, 0) is 4.74 Å². The van der Waals surface area contributed by atoms with Gasteiger partial charge in [-0.25, -0.2) is 4.79 Å². The topological polar surface area (TPSA) is 51.2 Å². The molecule has 0 radical (unpaired) electrons. The second-order valence-corrected chi connectivity index (χ2v) is 5.25. The number of ether oxygens (including phenoxy) is 1. The molecule has 0 amide bonds. The molecule has 0 fully saturated rings. The number of fused-ring (bicyclic) bond motifs is 1. The van der Waals surface area contributed by atoms with Crippen molar-refractivity contribution in [2.24, 2.45) is 0 Å². The Balaban J connectivity index is 2.87. The number of anilines is 1. The van der Waals surface area contributed by atoms with Gasteiger partial charge in [0.15, 0.2) is 0 Å². The molecule has 4 nitrogen and oxygen atoms in total. The molecule has 0 unspecified atom stereocenters. The molecule has 0 aliphatic heterocycles. The molecule has 2 rings (SSSR count). The summed E-state index contributed by atoms with van der Waals surface area (Å²) in [4.78, 5) is 16.0. The maximum absolute atomic E-state index is 11.7. The van der Waals surface area contributed by atoms with E-state index < -0.39 is 5.97 Å². The number of halogens is 2. The highest BCUT2D eigenvalue weighted by Crippen LogP contribution is 2.35. The number of aromatic nitrogens is 1. The van der Waals surface area contributed by atoms with Gasteiger partial charge in [0.2, 0.25) is 0 Å². The first-order valence-corrected chi connectivity index (χ1v) is 6.71. The highest BCUT2D eigenvalue weighted by Gasteiger charge is 2.17. The van der Waals surface area contributed by atoms with Crippen LogP contribution in [0.3, 0.4) is 0 Å². The van der Waals surface area contributed by atoms with Gasteiger partial charge in [-0.3, -0.25) is 4.98 Å². The molecule has 0 aliphatic rings. The maximum atomic E-state index is 11.7. The van der Waals surface area contributed by atoms with Crippen LogP contribution < -0.4 is 5.32 Å². The molecule has 2 aromatic rings. The predicted molar refractivity (Wildman–Crippen MR) is 78.0 cm³/mol. The summed E-state index contributed by atoms with van der Waals surface area (Å²) in [6, 6.07) is 3.80. The number of hydrogen-bond acceptors (Lipinski definition) is 4. The largest absolute Gasteiger partial charge is 0.465 e. The van der Waals surface area contributed by atoms with Crippen LogP contribution in [0.2, 0.25) is 0 Å². The number of nitrogens with zero attached hydrogens (tertiary/aromatic N) is 1. The predicted octanol–water partition coefficient (Wildman–Crippen LogP) is 3.59. The normalized spacial score (nSPS) is 10.4. The number of nitrogens with one attached hydrogen (secondary N) is 1. The number of carbonyl (C=O) groups is 1. The number of methoxy groups -OCH3 is 1. The van der Waals surface area contributed by atoms with Gasteiger partial charge in [-0.05, 0) is 28.1 Å². The molecule has 6 heteroatoms. The van der Waals surface area contributed by atoms with Crippen molar-refractivity contribution in [3.8, 4) is 0 Å². The van der Waals surface area contributed by atoms with Gasteiger partial charge in [0, 0.05) is 27.6 Å². The molecule has 94 valence electrons. The van der Waals surface area contributed by atoms with Crippen LogP contribution in [0.25, 0.3) is 10.9 Å². The molecule has 1 heterocycles. The second-order valence-electron chi connectivity index (χ2n) is 3.54. The number of carbonyl (C=O) groups excluding carboxylic acids is 1. The van der Waals surface area contributed by atoms with Gasteiger partial charge < -0.3 is 10.1 Å². The van der Waals surface area contributed by atoms with Crippen molar-refractivity contribution in [2.75, 3.05) is 19.5 Å². The van der Waals surface area contributed by atoms with E-state index in [1.165, 1.54) is 13.3 Å². The van der Waals surface area contributed by atoms with Crippen molar-refractivity contribution < 1.29 is 9.53 Å². The van der Waals surface area contributed by atoms with E-state index in [0.717, 1.165) is 19.8 Å². The zero-order chi connectivity index (χ0) is 13.3. The summed E-state index contributed by atoms with van der Waals surface area (Å²) < 4.78 is 6.49. The van der Waals surface area contributed by atoms with Crippen molar-refractivity contribution in [2.45, 2.75) is 0 Å². The molecule has 18 heavy (non-hydrogen) atoms. The molecular weight excluding hydrogens is 364 g/mol. The lowest BCUT2D eigenvalue weighted by Crippen LogP contribution is -2.07. The van der Waals surface area contributed by atoms with Crippen LogP contribution in [-0.4, -0.2) is 25.1 Å². The van der Waals surface area contributed by atoms with Crippen molar-refractivity contribution in [1.82, 2.24) is 4.98 Å². The van der Waals surface area contributed by atoms with Crippen LogP contribution in [0.5, 0.6) is 0 Å². The van der Waals surface area contributed by atoms with Crippen LogP contribution in [0.4, 0.5) is 5.69 Å². The van der Waals surface area contributed by atoms with Crippen LogP contribution in [0.1, 0.15) is 10.4 Å². The Morgan fingerprint density at radius 2 is 2.00 bits per heavy atom. The standard InChI is InChI=1S/C12H10Br2N2O2/c1-15-10-6(12(17)18-2)5-16-11-8(14)4-3-7(13)9(10)11/h3-5H,1-2H3,(H,15,16). The second kappa shape index (κ2) is 5.24. The third kappa shape index (κ3) is 2.10. The van der Waals surface area contributed by atoms with Gasteiger partial charge in [-0.15, -0.1) is 0 Å². The Bertz CT molecular complexity index is 629. The van der Waals surface area contributed by atoms with Crippen LogP contribution in [0, 0.1) is 0 Å². The molecule has 0 aliphatic carbocycles. The Morgan fingerprint density at radius 1 is 1.33 bits per heavy atom. The molecular formula is C12H10Br2N2O2. The summed E-state index contributed by atoms with van der Waals surface area (Å²) in [5.41, 5.74) is 1.88. The SMILES string of the molecule is CNc1c(C(=O)OC)cnc2c(Br)ccc(Br)c12. The molecule has 0 spiro atoms. The lowest BCUT2D eigenvalue weighted by Gasteiger charge is -2.12. The van der Waals surface area contributed by atoms with E-state index >= 15 is 0 Å². The summed E-state index contributed by atoms with van der Waals surface area (Å²) in [5.74, 6) is -0.416. The Morgan fingerprint density at radius 3 is 2.61 bits per heavy atom. The highest BCUT2D eigenvalue weighted by atomic mass is 79.9. The third-order valence-corrected chi connectivity index (χ3v) is 3.88. The van der Waals surface area contributed by atoms with Gasteiger partial charge in [-0.1, -0.05) is 15.9 Å². The van der Waals surface area contributed by atoms with Gasteiger partial charge >= 0.3 is 5.97 Å². The fourth-order valence-electron chi connectivity index (χ4n) is 1.76. The monoisotopic (exact) mass is 372 g/mol.